The smallest absolute Gasteiger partial charge is 0.149 e. The van der Waals surface area contributed by atoms with E-state index in [0.717, 1.165) is 19.3 Å². The van der Waals surface area contributed by atoms with E-state index >= 15 is 0 Å². The minimum absolute atomic E-state index is 0.0236. The molecule has 2 atom stereocenters. The first-order chi connectivity index (χ1) is 9.18. The second-order valence-electron chi connectivity index (χ2n) is 6.81. The first-order valence-corrected chi connectivity index (χ1v) is 8.21. The summed E-state index contributed by atoms with van der Waals surface area (Å²) in [4.78, 5) is 0. The van der Waals surface area contributed by atoms with E-state index in [1.54, 1.807) is 12.1 Å². The summed E-state index contributed by atoms with van der Waals surface area (Å²) >= 11 is 9.22. The molecule has 4 heteroatoms. The van der Waals surface area contributed by atoms with Gasteiger partial charge in [-0.15, -0.1) is 0 Å². The van der Waals surface area contributed by atoms with Crippen LogP contribution < -0.4 is 0 Å². The van der Waals surface area contributed by atoms with Gasteiger partial charge >= 0.3 is 0 Å². The number of halogens is 3. The molecule has 1 aliphatic rings. The summed E-state index contributed by atoms with van der Waals surface area (Å²) in [6, 6.07) is 3.38. The Labute approximate surface area is 133 Å². The maximum Gasteiger partial charge on any atom is 0.149 e. The quantitative estimate of drug-likeness (QED) is 0.638. The van der Waals surface area contributed by atoms with Crippen LogP contribution in [-0.4, -0.2) is 5.11 Å². The topological polar surface area (TPSA) is 20.2 Å². The highest BCUT2D eigenvalue weighted by molar-refractivity contribution is 9.10. The summed E-state index contributed by atoms with van der Waals surface area (Å²) in [5, 5.41) is 11.3. The molecular weight excluding hydrogens is 343 g/mol. The summed E-state index contributed by atoms with van der Waals surface area (Å²) in [5.74, 6) is -0.477. The van der Waals surface area contributed by atoms with E-state index in [2.05, 4.69) is 36.7 Å². The van der Waals surface area contributed by atoms with Crippen molar-refractivity contribution in [3.8, 4) is 0 Å². The summed E-state index contributed by atoms with van der Waals surface area (Å²) in [5.41, 5.74) is -0.878. The molecule has 0 amide bonds. The molecule has 0 bridgehead atoms. The Balaban J connectivity index is 2.55. The zero-order valence-corrected chi connectivity index (χ0v) is 14.5. The molecule has 1 nitrogen and oxygen atoms in total. The maximum absolute atomic E-state index is 14.5. The Kier molecular flexibility index (Phi) is 4.54. The van der Waals surface area contributed by atoms with Crippen molar-refractivity contribution >= 4 is 27.5 Å². The maximum atomic E-state index is 14.5. The molecule has 112 valence electrons. The van der Waals surface area contributed by atoms with Gasteiger partial charge in [0.05, 0.1) is 10.6 Å². The van der Waals surface area contributed by atoms with Crippen LogP contribution in [0, 0.1) is 17.2 Å². The van der Waals surface area contributed by atoms with Gasteiger partial charge in [-0.1, -0.05) is 51.3 Å². The number of aliphatic hydroxyl groups is 1. The average Bonchev–Trinajstić information content (AvgIpc) is 2.35. The SMILES string of the molecule is CC(C)(C)C1CCCCC1(O)c1ccc(Br)c(Cl)c1F. The van der Waals surface area contributed by atoms with Gasteiger partial charge in [0.2, 0.25) is 0 Å². The van der Waals surface area contributed by atoms with Crippen LogP contribution in [0.3, 0.4) is 0 Å². The van der Waals surface area contributed by atoms with E-state index < -0.39 is 11.4 Å². The predicted octanol–water partition coefficient (Wildman–Crippen LogP) is 5.67. The van der Waals surface area contributed by atoms with Gasteiger partial charge in [0.1, 0.15) is 5.82 Å². The molecule has 0 aliphatic heterocycles. The molecule has 0 heterocycles. The fourth-order valence-electron chi connectivity index (χ4n) is 3.49. The Morgan fingerprint density at radius 3 is 2.60 bits per heavy atom. The third-order valence-corrected chi connectivity index (χ3v) is 5.68. The number of benzene rings is 1. The van der Waals surface area contributed by atoms with Gasteiger partial charge < -0.3 is 5.11 Å². The van der Waals surface area contributed by atoms with E-state index in [1.165, 1.54) is 0 Å². The molecule has 1 fully saturated rings. The van der Waals surface area contributed by atoms with Gasteiger partial charge in [-0.2, -0.15) is 0 Å². The Morgan fingerprint density at radius 2 is 2.00 bits per heavy atom. The van der Waals surface area contributed by atoms with Crippen LogP contribution in [-0.2, 0) is 5.60 Å². The van der Waals surface area contributed by atoms with Crippen LogP contribution in [0.4, 0.5) is 4.39 Å². The van der Waals surface area contributed by atoms with E-state index in [0.29, 0.717) is 16.5 Å². The third-order valence-electron chi connectivity index (χ3n) is 4.42. The van der Waals surface area contributed by atoms with Crippen molar-refractivity contribution in [1.82, 2.24) is 0 Å². The fourth-order valence-corrected chi connectivity index (χ4v) is 3.96. The lowest BCUT2D eigenvalue weighted by atomic mass is 9.61. The first kappa shape index (κ1) is 16.3. The van der Waals surface area contributed by atoms with Crippen molar-refractivity contribution < 1.29 is 9.50 Å². The van der Waals surface area contributed by atoms with E-state index in [-0.39, 0.29) is 16.4 Å². The molecule has 1 N–H and O–H groups in total. The van der Waals surface area contributed by atoms with Crippen LogP contribution >= 0.6 is 27.5 Å². The lowest BCUT2D eigenvalue weighted by molar-refractivity contribution is -0.0980. The lowest BCUT2D eigenvalue weighted by Crippen LogP contribution is -2.45. The van der Waals surface area contributed by atoms with Gasteiger partial charge in [-0.3, -0.25) is 0 Å². The lowest BCUT2D eigenvalue weighted by Gasteiger charge is -2.47. The van der Waals surface area contributed by atoms with Crippen molar-refractivity contribution in [3.63, 3.8) is 0 Å². The monoisotopic (exact) mass is 362 g/mol. The summed E-state index contributed by atoms with van der Waals surface area (Å²) in [6.45, 7) is 6.31. The second kappa shape index (κ2) is 5.58. The summed E-state index contributed by atoms with van der Waals surface area (Å²) in [7, 11) is 0. The number of hydrogen-bond donors (Lipinski definition) is 1. The van der Waals surface area contributed by atoms with Crippen molar-refractivity contribution in [2.24, 2.45) is 11.3 Å². The standard InChI is InChI=1S/C16H21BrClFO/c1-15(2,3)12-6-4-5-9-16(12,20)10-7-8-11(17)13(18)14(10)19/h7-8,12,20H,4-6,9H2,1-3H3. The first-order valence-electron chi connectivity index (χ1n) is 7.04. The normalized spacial score (nSPS) is 27.6. The largest absolute Gasteiger partial charge is 0.385 e. The van der Waals surface area contributed by atoms with E-state index in [4.69, 9.17) is 11.6 Å². The van der Waals surface area contributed by atoms with Crippen LogP contribution in [0.25, 0.3) is 0 Å². The molecule has 2 unspecified atom stereocenters. The molecule has 0 saturated heterocycles. The number of hydrogen-bond acceptors (Lipinski definition) is 1. The van der Waals surface area contributed by atoms with E-state index in [1.807, 2.05) is 0 Å². The van der Waals surface area contributed by atoms with Crippen LogP contribution in [0.2, 0.25) is 5.02 Å². The Bertz CT molecular complexity index is 512. The highest BCUT2D eigenvalue weighted by Gasteiger charge is 2.47. The fraction of sp³-hybridized carbons (Fsp3) is 0.625. The predicted molar refractivity (Wildman–Crippen MR) is 84.4 cm³/mol. The minimum atomic E-state index is -1.13. The molecule has 20 heavy (non-hydrogen) atoms. The molecule has 1 aromatic carbocycles. The van der Waals surface area contributed by atoms with Crippen molar-refractivity contribution in [1.29, 1.82) is 0 Å². The number of rotatable bonds is 1. The molecule has 0 radical (unpaired) electrons. The van der Waals surface area contributed by atoms with Gasteiger partial charge in [0, 0.05) is 10.0 Å². The highest BCUT2D eigenvalue weighted by atomic mass is 79.9. The van der Waals surface area contributed by atoms with Crippen molar-refractivity contribution in [2.75, 3.05) is 0 Å². The van der Waals surface area contributed by atoms with Crippen molar-refractivity contribution in [2.45, 2.75) is 52.1 Å². The summed E-state index contributed by atoms with van der Waals surface area (Å²) in [6.07, 6.45) is 3.49. The van der Waals surface area contributed by atoms with Crippen LogP contribution in [0.1, 0.15) is 52.0 Å². The molecule has 1 aliphatic carbocycles. The molecule has 0 spiro atoms. The Morgan fingerprint density at radius 1 is 1.35 bits per heavy atom. The van der Waals surface area contributed by atoms with Crippen LogP contribution in [0.15, 0.2) is 16.6 Å². The Hall–Kier alpha value is -0.120. The van der Waals surface area contributed by atoms with Gasteiger partial charge in [0.25, 0.3) is 0 Å². The molecule has 0 aromatic heterocycles. The second-order valence-corrected chi connectivity index (χ2v) is 8.04. The zero-order valence-electron chi connectivity index (χ0n) is 12.1. The molecule has 1 saturated carbocycles. The highest BCUT2D eigenvalue weighted by Crippen LogP contribution is 2.51. The van der Waals surface area contributed by atoms with Gasteiger partial charge in [-0.25, -0.2) is 4.39 Å². The molecule has 1 aromatic rings. The van der Waals surface area contributed by atoms with Gasteiger partial charge in [-0.05, 0) is 46.2 Å². The van der Waals surface area contributed by atoms with Gasteiger partial charge in [0.15, 0.2) is 0 Å². The van der Waals surface area contributed by atoms with E-state index in [9.17, 15) is 9.50 Å². The van der Waals surface area contributed by atoms with Crippen molar-refractivity contribution in [3.05, 3.63) is 33.0 Å². The molecular formula is C16H21BrClFO. The summed E-state index contributed by atoms with van der Waals surface area (Å²) < 4.78 is 15.1. The average molecular weight is 364 g/mol. The minimum Gasteiger partial charge on any atom is -0.385 e. The third kappa shape index (κ3) is 2.77. The van der Waals surface area contributed by atoms with Crippen LogP contribution in [0.5, 0.6) is 0 Å². The zero-order chi connectivity index (χ0) is 15.1. The molecule has 2 rings (SSSR count).